The highest BCUT2D eigenvalue weighted by atomic mass is 32.1. The van der Waals surface area contributed by atoms with Crippen molar-refractivity contribution in [3.63, 3.8) is 0 Å². The molecule has 6 N–H and O–H groups in total. The van der Waals surface area contributed by atoms with Crippen molar-refractivity contribution in [3.8, 4) is 27.4 Å². The van der Waals surface area contributed by atoms with E-state index < -0.39 is 58.2 Å². The van der Waals surface area contributed by atoms with Crippen molar-refractivity contribution in [1.29, 1.82) is 0 Å². The minimum Gasteiger partial charge on any atom is -0.493 e. The second-order valence-corrected chi connectivity index (χ2v) is 32.4. The van der Waals surface area contributed by atoms with Crippen LogP contribution in [0.1, 0.15) is 197 Å². The first kappa shape index (κ1) is 75.3. The standard InChI is InChI=1S/C79H103F2N13O9S/c1-46(2)86-72(98)58-39-62(60(80)33-48(58)5)88-70-67-63(84-44-93(67)47(3)4)40-61(87-70)51-22-23-59-64(34-51)94(76(102)78(59)26-30-90(31-27-78)50(7)95)56-36-55(37-56)91-29-18-19-54(42-91)71(97)82-28-16-14-12-11-13-15-17-32-103-66-35-52(68-49(6)85-45-104-68)20-21-53(66)41-83-73(99)65-38-57(96)43-92(65)74(100)69(77(8,9)10)89-75(101)79(81)24-25-79/h20-23,33-35,39-40,44-47,54-57,65,69,96H,11-19,24-32,36-38,41-43H2,1-10H3,(H,82,97)(H,83,99)(H,86,98)(H,87,88)(H,89,101)/t54-,55?,56?,57-,65+,69-/m1/s1. The van der Waals surface area contributed by atoms with Crippen molar-refractivity contribution in [2.45, 2.75) is 232 Å². The molecule has 0 radical (unpaired) electrons. The second-order valence-electron chi connectivity index (χ2n) is 31.5. The number of thiazole rings is 1. The number of anilines is 3. The van der Waals surface area contributed by atoms with E-state index in [0.29, 0.717) is 85.0 Å². The summed E-state index contributed by atoms with van der Waals surface area (Å²) in [5, 5.41) is 25.8. The summed E-state index contributed by atoms with van der Waals surface area (Å²) in [7, 11) is 0. The van der Waals surface area contributed by atoms with E-state index in [0.717, 1.165) is 116 Å². The lowest BCUT2D eigenvalue weighted by atomic mass is 9.73. The molecule has 12 rings (SSSR count). The Kier molecular flexibility index (Phi) is 22.7. The molecule has 3 aromatic heterocycles. The fourth-order valence-corrected chi connectivity index (χ4v) is 16.6. The van der Waals surface area contributed by atoms with Gasteiger partial charge in [-0.05, 0) is 165 Å². The number of fused-ring (bicyclic) bond motifs is 3. The number of amides is 7. The molecule has 0 bridgehead atoms. The highest BCUT2D eigenvalue weighted by molar-refractivity contribution is 7.13. The van der Waals surface area contributed by atoms with Crippen LogP contribution < -0.4 is 36.2 Å². The topological polar surface area (TPSA) is 266 Å². The molecule has 0 unspecified atom stereocenters. The number of unbranched alkanes of at least 4 members (excludes halogenated alkanes) is 6. The Balaban J connectivity index is 0.616. The lowest BCUT2D eigenvalue weighted by Gasteiger charge is -2.49. The lowest BCUT2D eigenvalue weighted by Crippen LogP contribution is -2.59. The summed E-state index contributed by atoms with van der Waals surface area (Å²) in [4.78, 5) is 119. The van der Waals surface area contributed by atoms with Crippen LogP contribution >= 0.6 is 11.3 Å². The zero-order chi connectivity index (χ0) is 74.1. The van der Waals surface area contributed by atoms with Crippen LogP contribution in [0.2, 0.25) is 0 Å². The van der Waals surface area contributed by atoms with Crippen molar-refractivity contribution in [1.82, 2.24) is 55.5 Å². The number of aliphatic hydroxyl groups is 1. The number of pyridine rings is 1. The molecule has 558 valence electrons. The number of alkyl halides is 1. The van der Waals surface area contributed by atoms with Gasteiger partial charge in [-0.1, -0.05) is 77.1 Å². The smallest absolute Gasteiger partial charge is 0.258 e. The minimum absolute atomic E-state index is 0.00764. The van der Waals surface area contributed by atoms with E-state index in [1.54, 1.807) is 46.5 Å². The number of ether oxygens (including phenoxy) is 1. The van der Waals surface area contributed by atoms with E-state index in [-0.39, 0.29) is 91.8 Å². The van der Waals surface area contributed by atoms with Crippen molar-refractivity contribution in [2.24, 2.45) is 11.3 Å². The first-order chi connectivity index (χ1) is 49.6. The molecule has 5 fully saturated rings. The number of nitrogens with zero attached hydrogens (tertiary/aromatic N) is 8. The van der Waals surface area contributed by atoms with Crippen molar-refractivity contribution in [3.05, 3.63) is 100 Å². The molecular formula is C79H103F2N13O9S. The third-order valence-electron chi connectivity index (χ3n) is 22.1. The number of rotatable bonds is 27. The van der Waals surface area contributed by atoms with E-state index >= 15 is 9.18 Å². The number of carbonyl (C=O) groups is 7. The number of piperidine rings is 2. The van der Waals surface area contributed by atoms with Crippen molar-refractivity contribution < 1.29 is 52.2 Å². The fraction of sp³-hybridized carbons (Fsp3) is 0.570. The van der Waals surface area contributed by atoms with Gasteiger partial charge in [0.25, 0.3) is 11.8 Å². The van der Waals surface area contributed by atoms with Gasteiger partial charge in [-0.2, -0.15) is 0 Å². The molecule has 22 nitrogen and oxygen atoms in total. The number of aryl methyl sites for hydroxylation is 2. The number of likely N-dealkylation sites (tertiary alicyclic amines) is 3. The SMILES string of the molecule is CC(=O)N1CCC2(CC1)C(=O)N(C1CC(N3CCC[C@@H](C(=O)NCCCCCCCCCOc4cc(-c5scnc5C)ccc4CNC(=O)[C@@H]4C[C@@H](O)CN4C(=O)[C@@H](NC(=O)C4(F)CC4)C(C)(C)C)C3)C1)c1cc(-c3cc4ncn(C(C)C)c4c(Nc4cc(C(=O)NC(C)C)c(C)cc4F)n3)ccc12. The maximum absolute atomic E-state index is 16.0. The molecule has 7 heterocycles. The number of imidazole rings is 1. The normalized spacial score (nSPS) is 20.9. The number of halogens is 2. The van der Waals surface area contributed by atoms with Gasteiger partial charge < -0.3 is 55.7 Å². The van der Waals surface area contributed by atoms with Gasteiger partial charge >= 0.3 is 0 Å². The third-order valence-corrected chi connectivity index (χ3v) is 23.1. The number of nitrogens with one attached hydrogen (secondary N) is 5. The lowest BCUT2D eigenvalue weighted by molar-refractivity contribution is -0.145. The van der Waals surface area contributed by atoms with Gasteiger partial charge in [0, 0.05) is 99.2 Å². The van der Waals surface area contributed by atoms with Crippen LogP contribution in [-0.4, -0.2) is 169 Å². The monoisotopic (exact) mass is 1450 g/mol. The molecule has 6 aliphatic rings. The van der Waals surface area contributed by atoms with E-state index in [4.69, 9.17) is 14.7 Å². The molecule has 2 aliphatic carbocycles. The van der Waals surface area contributed by atoms with Crippen molar-refractivity contribution in [2.75, 3.05) is 56.1 Å². The minimum atomic E-state index is -1.99. The summed E-state index contributed by atoms with van der Waals surface area (Å²) in [6.07, 6.45) is 12.1. The van der Waals surface area contributed by atoms with Gasteiger partial charge in [0.1, 0.15) is 29.2 Å². The third kappa shape index (κ3) is 16.2. The van der Waals surface area contributed by atoms with Crippen molar-refractivity contribution >= 4 is 80.9 Å². The van der Waals surface area contributed by atoms with Crippen LogP contribution in [0.25, 0.3) is 32.7 Å². The number of aliphatic hydroxyl groups excluding tert-OH is 1. The number of hydrogen-bond acceptors (Lipinski definition) is 15. The number of aromatic nitrogens is 4. The van der Waals surface area contributed by atoms with E-state index in [1.165, 1.54) is 28.4 Å². The molecule has 6 aromatic rings. The average molecular weight is 1450 g/mol. The summed E-state index contributed by atoms with van der Waals surface area (Å²) < 4.78 is 39.2. The number of carbonyl (C=O) groups excluding carboxylic acids is 7. The second kappa shape index (κ2) is 31.3. The van der Waals surface area contributed by atoms with E-state index in [2.05, 4.69) is 48.6 Å². The summed E-state index contributed by atoms with van der Waals surface area (Å²) in [5.41, 5.74) is 6.18. The van der Waals surface area contributed by atoms with Gasteiger partial charge in [0.05, 0.1) is 63.4 Å². The molecule has 3 saturated heterocycles. The molecule has 2 saturated carbocycles. The Morgan fingerprint density at radius 3 is 2.21 bits per heavy atom. The van der Waals surface area contributed by atoms with Crippen LogP contribution in [0.3, 0.4) is 0 Å². The van der Waals surface area contributed by atoms with Crippen LogP contribution in [0.15, 0.2) is 66.4 Å². The van der Waals surface area contributed by atoms with Gasteiger partial charge in [-0.15, -0.1) is 11.3 Å². The van der Waals surface area contributed by atoms with Crippen LogP contribution in [0, 0.1) is 31.0 Å². The Bertz CT molecular complexity index is 4210. The first-order valence-corrected chi connectivity index (χ1v) is 38.4. The summed E-state index contributed by atoms with van der Waals surface area (Å²) in [5.74, 6) is -1.66. The van der Waals surface area contributed by atoms with Crippen LogP contribution in [0.4, 0.5) is 26.0 Å². The first-order valence-electron chi connectivity index (χ1n) is 37.5. The Hall–Kier alpha value is -8.42. The summed E-state index contributed by atoms with van der Waals surface area (Å²) in [6.45, 7) is 22.0. The van der Waals surface area contributed by atoms with Gasteiger partial charge in [-0.3, -0.25) is 38.5 Å². The highest BCUT2D eigenvalue weighted by Gasteiger charge is 2.57. The van der Waals surface area contributed by atoms with Crippen LogP contribution in [0.5, 0.6) is 5.75 Å². The number of benzene rings is 3. The Morgan fingerprint density at radius 2 is 1.53 bits per heavy atom. The Labute approximate surface area is 612 Å². The average Bonchev–Trinajstić information content (AvgIpc) is 1.55. The largest absolute Gasteiger partial charge is 0.493 e. The predicted octanol–water partition coefficient (Wildman–Crippen LogP) is 11.4. The summed E-state index contributed by atoms with van der Waals surface area (Å²) in [6, 6.07) is 14.7. The van der Waals surface area contributed by atoms with Crippen LogP contribution in [-0.2, 0) is 40.7 Å². The van der Waals surface area contributed by atoms with Gasteiger partial charge in [-0.25, -0.2) is 23.7 Å². The maximum atomic E-state index is 16.0. The van der Waals surface area contributed by atoms with Gasteiger partial charge in [0.15, 0.2) is 11.5 Å². The Morgan fingerprint density at radius 1 is 0.808 bits per heavy atom. The zero-order valence-corrected chi connectivity index (χ0v) is 62.7. The summed E-state index contributed by atoms with van der Waals surface area (Å²) >= 11 is 1.53. The molecule has 4 aliphatic heterocycles. The molecule has 4 atom stereocenters. The van der Waals surface area contributed by atoms with E-state index in [9.17, 15) is 38.3 Å². The fourth-order valence-electron chi connectivity index (χ4n) is 15.8. The molecule has 104 heavy (non-hydrogen) atoms. The van der Waals surface area contributed by atoms with E-state index in [1.807, 2.05) is 79.3 Å². The molecule has 1 spiro atoms. The quantitative estimate of drug-likeness (QED) is 0.0262. The predicted molar refractivity (Wildman–Crippen MR) is 398 cm³/mol. The number of β-amino-alcohol motifs (C(OH)–C–C–N with tert-alkyl or cyclic N) is 1. The highest BCUT2D eigenvalue weighted by Crippen LogP contribution is 2.53. The molecule has 3 aromatic carbocycles. The molecule has 7 amide bonds. The molecular weight excluding hydrogens is 1350 g/mol. The molecule has 25 heteroatoms. The van der Waals surface area contributed by atoms with Gasteiger partial charge in [0.2, 0.25) is 29.5 Å². The zero-order valence-electron chi connectivity index (χ0n) is 61.9. The number of hydrogen-bond donors (Lipinski definition) is 6. The maximum Gasteiger partial charge on any atom is 0.258 e.